The van der Waals surface area contributed by atoms with Crippen molar-refractivity contribution < 1.29 is 15.3 Å². The summed E-state index contributed by atoms with van der Waals surface area (Å²) < 4.78 is 0. The minimum atomic E-state index is -0.159. The van der Waals surface area contributed by atoms with Crippen molar-refractivity contribution in [3.63, 3.8) is 0 Å². The van der Waals surface area contributed by atoms with Gasteiger partial charge in [-0.25, -0.2) is 5.48 Å². The number of aliphatic hydroxyl groups excluding tert-OH is 1. The van der Waals surface area contributed by atoms with Crippen LogP contribution in [0.1, 0.15) is 25.7 Å². The Bertz CT molecular complexity index is 226. The molecule has 0 atom stereocenters. The number of hydroxylamine groups is 3. The summed E-state index contributed by atoms with van der Waals surface area (Å²) in [4.78, 5) is 8.97. The molecule has 6 heteroatoms. The summed E-state index contributed by atoms with van der Waals surface area (Å²) in [6.07, 6.45) is 3.26. The van der Waals surface area contributed by atoms with Gasteiger partial charge in [-0.15, -0.1) is 0 Å². The van der Waals surface area contributed by atoms with Crippen LogP contribution in [0.2, 0.25) is 0 Å². The molecule has 14 heavy (non-hydrogen) atoms. The van der Waals surface area contributed by atoms with Crippen LogP contribution in [0.5, 0.6) is 0 Å². The second kappa shape index (κ2) is 4.22. The Morgan fingerprint density at radius 3 is 2.64 bits per heavy atom. The molecule has 0 unspecified atom stereocenters. The first-order valence-corrected chi connectivity index (χ1v) is 4.88. The molecule has 2 fully saturated rings. The average molecular weight is 201 g/mol. The Hall–Kier alpha value is -0.690. The van der Waals surface area contributed by atoms with Crippen LogP contribution in [0, 0.1) is 0 Å². The molecule has 1 saturated heterocycles. The summed E-state index contributed by atoms with van der Waals surface area (Å²) in [5, 5.41) is 18.9. The molecule has 2 rings (SSSR count). The monoisotopic (exact) mass is 201 g/mol. The third-order valence-electron chi connectivity index (χ3n) is 2.56. The van der Waals surface area contributed by atoms with Crippen LogP contribution in [0.25, 0.3) is 0 Å². The van der Waals surface area contributed by atoms with Crippen molar-refractivity contribution in [3.8, 4) is 0 Å². The highest BCUT2D eigenvalue weighted by atomic mass is 17.0. The van der Waals surface area contributed by atoms with E-state index in [0.29, 0.717) is 11.1 Å². The molecular weight excluding hydrogens is 186 g/mol. The SMILES string of the molecule is OC1CCC(N=C2CN(O)ON2)CC1. The normalized spacial score (nSPS) is 37.4. The van der Waals surface area contributed by atoms with E-state index >= 15 is 0 Å². The van der Waals surface area contributed by atoms with E-state index < -0.39 is 0 Å². The Kier molecular flexibility index (Phi) is 2.97. The number of hydrogen-bond acceptors (Lipinski definition) is 5. The van der Waals surface area contributed by atoms with Crippen molar-refractivity contribution >= 4 is 5.84 Å². The number of hydrogen-bond donors (Lipinski definition) is 3. The van der Waals surface area contributed by atoms with Crippen LogP contribution in [0.15, 0.2) is 4.99 Å². The maximum absolute atomic E-state index is 9.29. The molecule has 1 aliphatic carbocycles. The summed E-state index contributed by atoms with van der Waals surface area (Å²) in [5.74, 6) is 0.647. The van der Waals surface area contributed by atoms with E-state index in [2.05, 4.69) is 15.4 Å². The number of aliphatic hydroxyl groups is 1. The van der Waals surface area contributed by atoms with Gasteiger partial charge in [-0.2, -0.15) is 4.94 Å². The minimum Gasteiger partial charge on any atom is -0.393 e. The Labute approximate surface area is 82.1 Å². The van der Waals surface area contributed by atoms with Gasteiger partial charge in [-0.05, 0) is 30.9 Å². The zero-order valence-electron chi connectivity index (χ0n) is 7.89. The Morgan fingerprint density at radius 1 is 1.36 bits per heavy atom. The molecule has 1 aliphatic heterocycles. The first-order valence-electron chi connectivity index (χ1n) is 4.88. The maximum Gasteiger partial charge on any atom is 0.142 e. The number of aliphatic imine (C=N–C) groups is 1. The zero-order chi connectivity index (χ0) is 9.97. The van der Waals surface area contributed by atoms with Gasteiger partial charge < -0.3 is 5.11 Å². The van der Waals surface area contributed by atoms with Crippen LogP contribution < -0.4 is 5.48 Å². The third kappa shape index (κ3) is 2.42. The molecule has 0 spiro atoms. The molecule has 0 radical (unpaired) electrons. The summed E-state index contributed by atoms with van der Waals surface area (Å²) in [7, 11) is 0. The van der Waals surface area contributed by atoms with Crippen molar-refractivity contribution in [1.82, 2.24) is 10.7 Å². The second-order valence-corrected chi connectivity index (χ2v) is 3.74. The first kappa shape index (κ1) is 9.85. The fraction of sp³-hybridized carbons (Fsp3) is 0.875. The van der Waals surface area contributed by atoms with E-state index in [1.165, 1.54) is 0 Å². The lowest BCUT2D eigenvalue weighted by molar-refractivity contribution is -0.332. The van der Waals surface area contributed by atoms with Crippen LogP contribution in [-0.4, -0.2) is 40.1 Å². The quantitative estimate of drug-likeness (QED) is 0.549. The molecule has 0 bridgehead atoms. The molecule has 3 N–H and O–H groups in total. The number of rotatable bonds is 1. The predicted molar refractivity (Wildman–Crippen MR) is 48.4 cm³/mol. The summed E-state index contributed by atoms with van der Waals surface area (Å²) >= 11 is 0. The van der Waals surface area contributed by atoms with E-state index in [9.17, 15) is 5.11 Å². The van der Waals surface area contributed by atoms with E-state index in [1.807, 2.05) is 0 Å². The highest BCUT2D eigenvalue weighted by Gasteiger charge is 2.22. The molecule has 0 aromatic carbocycles. The molecule has 0 aromatic rings. The maximum atomic E-state index is 9.29. The molecule has 1 heterocycles. The van der Waals surface area contributed by atoms with Crippen LogP contribution in [0.3, 0.4) is 0 Å². The number of nitrogens with zero attached hydrogens (tertiary/aromatic N) is 2. The lowest BCUT2D eigenvalue weighted by Gasteiger charge is -2.22. The number of nitrogens with one attached hydrogen (secondary N) is 1. The topological polar surface area (TPSA) is 77.3 Å². The second-order valence-electron chi connectivity index (χ2n) is 3.74. The van der Waals surface area contributed by atoms with Gasteiger partial charge in [0.2, 0.25) is 0 Å². The molecule has 0 amide bonds. The van der Waals surface area contributed by atoms with Crippen molar-refractivity contribution in [2.24, 2.45) is 4.99 Å². The summed E-state index contributed by atoms with van der Waals surface area (Å²) in [6.45, 7) is 0.277. The number of amidine groups is 1. The fourth-order valence-corrected chi connectivity index (χ4v) is 1.77. The van der Waals surface area contributed by atoms with Crippen molar-refractivity contribution in [3.05, 3.63) is 0 Å². The molecular formula is C8H15N3O3. The van der Waals surface area contributed by atoms with Gasteiger partial charge in [0.1, 0.15) is 12.4 Å². The molecule has 80 valence electrons. The Balaban J connectivity index is 1.85. The van der Waals surface area contributed by atoms with Crippen molar-refractivity contribution in [2.45, 2.75) is 37.8 Å². The van der Waals surface area contributed by atoms with Gasteiger partial charge in [0.15, 0.2) is 0 Å². The fourth-order valence-electron chi connectivity index (χ4n) is 1.77. The van der Waals surface area contributed by atoms with Crippen LogP contribution in [0.4, 0.5) is 0 Å². The van der Waals surface area contributed by atoms with Crippen LogP contribution in [-0.2, 0) is 4.94 Å². The van der Waals surface area contributed by atoms with Gasteiger partial charge in [-0.1, -0.05) is 0 Å². The molecule has 0 aromatic heterocycles. The molecule has 2 aliphatic rings. The van der Waals surface area contributed by atoms with Gasteiger partial charge >= 0.3 is 0 Å². The van der Waals surface area contributed by atoms with E-state index in [4.69, 9.17) is 5.21 Å². The minimum absolute atomic E-state index is 0.159. The largest absolute Gasteiger partial charge is 0.393 e. The van der Waals surface area contributed by atoms with Crippen molar-refractivity contribution in [2.75, 3.05) is 6.54 Å². The zero-order valence-corrected chi connectivity index (χ0v) is 7.89. The predicted octanol–water partition coefficient (Wildman–Crippen LogP) is -0.171. The van der Waals surface area contributed by atoms with Gasteiger partial charge in [0.25, 0.3) is 0 Å². The smallest absolute Gasteiger partial charge is 0.142 e. The van der Waals surface area contributed by atoms with Crippen molar-refractivity contribution in [1.29, 1.82) is 0 Å². The highest BCUT2D eigenvalue weighted by molar-refractivity contribution is 5.84. The van der Waals surface area contributed by atoms with E-state index in [-0.39, 0.29) is 18.7 Å². The van der Waals surface area contributed by atoms with E-state index in [0.717, 1.165) is 25.7 Å². The lowest BCUT2D eigenvalue weighted by Crippen LogP contribution is -2.24. The average Bonchev–Trinajstić information content (AvgIpc) is 2.56. The molecule has 6 nitrogen and oxygen atoms in total. The third-order valence-corrected chi connectivity index (χ3v) is 2.56. The molecule has 1 saturated carbocycles. The van der Waals surface area contributed by atoms with Gasteiger partial charge in [0.05, 0.1) is 12.1 Å². The van der Waals surface area contributed by atoms with Crippen LogP contribution >= 0.6 is 0 Å². The standard InChI is InChI=1S/C8H15N3O3/c12-7-3-1-6(2-4-7)9-8-5-11(13)14-10-8/h6-7,12-13H,1-5H2,(H,9,10). The highest BCUT2D eigenvalue weighted by Crippen LogP contribution is 2.21. The van der Waals surface area contributed by atoms with E-state index in [1.54, 1.807) is 0 Å². The first-order chi connectivity index (χ1) is 6.74. The lowest BCUT2D eigenvalue weighted by atomic mass is 9.93. The van der Waals surface area contributed by atoms with Gasteiger partial charge in [-0.3, -0.25) is 10.2 Å². The Morgan fingerprint density at radius 2 is 2.07 bits per heavy atom. The van der Waals surface area contributed by atoms with Gasteiger partial charge in [0, 0.05) is 0 Å². The summed E-state index contributed by atoms with van der Waals surface area (Å²) in [5.41, 5.74) is 2.53. The summed E-state index contributed by atoms with van der Waals surface area (Å²) in [6, 6.07) is 0.246.